The van der Waals surface area contributed by atoms with Crippen molar-refractivity contribution in [1.29, 1.82) is 0 Å². The minimum Gasteiger partial charge on any atom is -0.330 e. The number of carbonyl (C=O) groups is 1. The smallest absolute Gasteiger partial charge is 0.229 e. The molecule has 2 N–H and O–H groups in total. The van der Waals surface area contributed by atoms with Crippen molar-refractivity contribution in [1.82, 2.24) is 4.98 Å². The average molecular weight is 261 g/mol. The van der Waals surface area contributed by atoms with Gasteiger partial charge in [-0.15, -0.1) is 0 Å². The van der Waals surface area contributed by atoms with E-state index in [1.807, 2.05) is 12.1 Å². The maximum absolute atomic E-state index is 11.9. The fraction of sp³-hybridized carbons (Fsp3) is 0.385. The maximum atomic E-state index is 11.9. The Morgan fingerprint density at radius 2 is 2.39 bits per heavy atom. The van der Waals surface area contributed by atoms with Crippen LogP contribution in [-0.4, -0.2) is 24.0 Å². The summed E-state index contributed by atoms with van der Waals surface area (Å²) in [5, 5.41) is 0.802. The van der Waals surface area contributed by atoms with Crippen LogP contribution >= 0.6 is 11.3 Å². The number of hydrogen-bond donors (Lipinski definition) is 1. The molecule has 4 nitrogen and oxygen atoms in total. The molecule has 1 aliphatic rings. The Hall–Kier alpha value is -1.46. The van der Waals surface area contributed by atoms with Crippen LogP contribution in [0.5, 0.6) is 0 Å². The SMILES string of the molecule is Cc1ccc2nc(N3CC(CN)CC3=O)sc2c1. The Bertz CT molecular complexity index is 607. The molecule has 3 rings (SSSR count). The molecule has 2 heterocycles. The first-order valence-corrected chi connectivity index (χ1v) is 6.86. The van der Waals surface area contributed by atoms with Crippen molar-refractivity contribution in [3.8, 4) is 0 Å². The van der Waals surface area contributed by atoms with E-state index in [4.69, 9.17) is 5.73 Å². The van der Waals surface area contributed by atoms with E-state index in [0.29, 0.717) is 19.5 Å². The van der Waals surface area contributed by atoms with E-state index in [0.717, 1.165) is 15.3 Å². The highest BCUT2D eigenvalue weighted by Crippen LogP contribution is 2.32. The number of benzene rings is 1. The van der Waals surface area contributed by atoms with Gasteiger partial charge in [-0.2, -0.15) is 0 Å². The molecule has 0 saturated carbocycles. The molecule has 1 aromatic heterocycles. The molecule has 0 radical (unpaired) electrons. The molecule has 0 aliphatic carbocycles. The number of aromatic nitrogens is 1. The standard InChI is InChI=1S/C13H15N3OS/c1-8-2-3-10-11(4-8)18-13(15-10)16-7-9(6-14)5-12(16)17/h2-4,9H,5-7,14H2,1H3. The molecule has 5 heteroatoms. The van der Waals surface area contributed by atoms with E-state index in [1.54, 1.807) is 16.2 Å². The minimum atomic E-state index is 0.140. The van der Waals surface area contributed by atoms with Crippen LogP contribution in [0.1, 0.15) is 12.0 Å². The van der Waals surface area contributed by atoms with Gasteiger partial charge in [0.25, 0.3) is 0 Å². The van der Waals surface area contributed by atoms with Crippen molar-refractivity contribution in [2.45, 2.75) is 13.3 Å². The Kier molecular flexibility index (Phi) is 2.80. The van der Waals surface area contributed by atoms with Crippen molar-refractivity contribution < 1.29 is 4.79 Å². The van der Waals surface area contributed by atoms with Crippen LogP contribution in [0.2, 0.25) is 0 Å². The molecular formula is C13H15N3OS. The first kappa shape index (κ1) is 11.6. The molecule has 1 fully saturated rings. The van der Waals surface area contributed by atoms with Gasteiger partial charge in [0.1, 0.15) is 0 Å². The van der Waals surface area contributed by atoms with Gasteiger partial charge in [-0.05, 0) is 37.1 Å². The molecular weight excluding hydrogens is 246 g/mol. The Labute approximate surface area is 109 Å². The second-order valence-electron chi connectivity index (χ2n) is 4.78. The molecule has 1 saturated heterocycles. The number of amides is 1. The fourth-order valence-corrected chi connectivity index (χ4v) is 3.35. The van der Waals surface area contributed by atoms with Crippen molar-refractivity contribution in [3.05, 3.63) is 23.8 Å². The highest BCUT2D eigenvalue weighted by atomic mass is 32.1. The van der Waals surface area contributed by atoms with Crippen molar-refractivity contribution in [2.75, 3.05) is 18.0 Å². The van der Waals surface area contributed by atoms with Crippen LogP contribution in [0.3, 0.4) is 0 Å². The molecule has 1 amide bonds. The average Bonchev–Trinajstić information content (AvgIpc) is 2.91. The van der Waals surface area contributed by atoms with E-state index in [-0.39, 0.29) is 11.8 Å². The van der Waals surface area contributed by atoms with Gasteiger partial charge in [-0.3, -0.25) is 9.69 Å². The zero-order valence-electron chi connectivity index (χ0n) is 10.2. The van der Waals surface area contributed by atoms with Crippen LogP contribution in [0.25, 0.3) is 10.2 Å². The summed E-state index contributed by atoms with van der Waals surface area (Å²) in [5.41, 5.74) is 7.81. The maximum Gasteiger partial charge on any atom is 0.229 e. The summed E-state index contributed by atoms with van der Waals surface area (Å²) in [6, 6.07) is 6.16. The van der Waals surface area contributed by atoms with Crippen LogP contribution in [0, 0.1) is 12.8 Å². The highest BCUT2D eigenvalue weighted by Gasteiger charge is 2.31. The number of thiazole rings is 1. The summed E-state index contributed by atoms with van der Waals surface area (Å²) in [6.07, 6.45) is 0.547. The van der Waals surface area contributed by atoms with Gasteiger partial charge in [0.05, 0.1) is 10.2 Å². The molecule has 1 aromatic carbocycles. The summed E-state index contributed by atoms with van der Waals surface area (Å²) in [5.74, 6) is 0.410. The van der Waals surface area contributed by atoms with Crippen molar-refractivity contribution in [3.63, 3.8) is 0 Å². The van der Waals surface area contributed by atoms with Crippen LogP contribution in [0.4, 0.5) is 5.13 Å². The van der Waals surface area contributed by atoms with Gasteiger partial charge in [-0.1, -0.05) is 17.4 Å². The van der Waals surface area contributed by atoms with Gasteiger partial charge in [0.15, 0.2) is 5.13 Å². The number of nitrogens with zero attached hydrogens (tertiary/aromatic N) is 2. The number of aryl methyl sites for hydroxylation is 1. The predicted molar refractivity (Wildman–Crippen MR) is 73.9 cm³/mol. The van der Waals surface area contributed by atoms with E-state index in [1.165, 1.54) is 5.56 Å². The molecule has 1 unspecified atom stereocenters. The summed E-state index contributed by atoms with van der Waals surface area (Å²) in [6.45, 7) is 3.32. The Morgan fingerprint density at radius 3 is 3.11 bits per heavy atom. The third-order valence-electron chi connectivity index (χ3n) is 3.30. The van der Waals surface area contributed by atoms with Gasteiger partial charge in [0, 0.05) is 13.0 Å². The Morgan fingerprint density at radius 1 is 1.56 bits per heavy atom. The third kappa shape index (κ3) is 1.89. The highest BCUT2D eigenvalue weighted by molar-refractivity contribution is 7.22. The third-order valence-corrected chi connectivity index (χ3v) is 4.34. The number of carbonyl (C=O) groups excluding carboxylic acids is 1. The van der Waals surface area contributed by atoms with E-state index < -0.39 is 0 Å². The van der Waals surface area contributed by atoms with Crippen molar-refractivity contribution >= 4 is 32.6 Å². The van der Waals surface area contributed by atoms with E-state index >= 15 is 0 Å². The van der Waals surface area contributed by atoms with Gasteiger partial charge in [-0.25, -0.2) is 4.98 Å². The monoisotopic (exact) mass is 261 g/mol. The summed E-state index contributed by atoms with van der Waals surface area (Å²) < 4.78 is 1.13. The van der Waals surface area contributed by atoms with Gasteiger partial charge < -0.3 is 5.73 Å². The second kappa shape index (κ2) is 4.33. The lowest BCUT2D eigenvalue weighted by atomic mass is 10.1. The number of hydrogen-bond acceptors (Lipinski definition) is 4. The van der Waals surface area contributed by atoms with Crippen LogP contribution in [-0.2, 0) is 4.79 Å². The summed E-state index contributed by atoms with van der Waals surface area (Å²) in [7, 11) is 0. The first-order valence-electron chi connectivity index (χ1n) is 6.05. The van der Waals surface area contributed by atoms with E-state index in [2.05, 4.69) is 18.0 Å². The summed E-state index contributed by atoms with van der Waals surface area (Å²) in [4.78, 5) is 18.2. The molecule has 94 valence electrons. The lowest BCUT2D eigenvalue weighted by Gasteiger charge is -2.11. The van der Waals surface area contributed by atoms with Crippen LogP contribution in [0.15, 0.2) is 18.2 Å². The number of nitrogens with two attached hydrogens (primary N) is 1. The zero-order valence-corrected chi connectivity index (χ0v) is 11.0. The first-order chi connectivity index (χ1) is 8.67. The topological polar surface area (TPSA) is 59.2 Å². The minimum absolute atomic E-state index is 0.140. The van der Waals surface area contributed by atoms with Crippen molar-refractivity contribution in [2.24, 2.45) is 11.7 Å². The molecule has 1 atom stereocenters. The Balaban J connectivity index is 1.97. The normalized spacial score (nSPS) is 20.0. The molecule has 1 aliphatic heterocycles. The quantitative estimate of drug-likeness (QED) is 0.898. The number of anilines is 1. The lowest BCUT2D eigenvalue weighted by molar-refractivity contribution is -0.117. The number of fused-ring (bicyclic) bond motifs is 1. The van der Waals surface area contributed by atoms with Gasteiger partial charge in [0.2, 0.25) is 5.91 Å². The van der Waals surface area contributed by atoms with Gasteiger partial charge >= 0.3 is 0 Å². The van der Waals surface area contributed by atoms with Crippen LogP contribution < -0.4 is 10.6 Å². The fourth-order valence-electron chi connectivity index (χ4n) is 2.26. The largest absolute Gasteiger partial charge is 0.330 e. The predicted octanol–water partition coefficient (Wildman–Crippen LogP) is 1.92. The molecule has 0 spiro atoms. The molecule has 18 heavy (non-hydrogen) atoms. The second-order valence-corrected chi connectivity index (χ2v) is 5.79. The zero-order chi connectivity index (χ0) is 12.7. The van der Waals surface area contributed by atoms with E-state index in [9.17, 15) is 4.79 Å². The lowest BCUT2D eigenvalue weighted by Crippen LogP contribution is -2.25. The molecule has 2 aromatic rings. The summed E-state index contributed by atoms with van der Waals surface area (Å²) >= 11 is 1.58. The molecule has 0 bridgehead atoms. The number of rotatable bonds is 2.